The van der Waals surface area contributed by atoms with Crippen LogP contribution >= 0.6 is 0 Å². The quantitative estimate of drug-likeness (QED) is 0.784. The number of amides is 1. The van der Waals surface area contributed by atoms with Gasteiger partial charge in [0.15, 0.2) is 5.82 Å². The van der Waals surface area contributed by atoms with Gasteiger partial charge in [-0.25, -0.2) is 0 Å². The highest BCUT2D eigenvalue weighted by Crippen LogP contribution is 2.35. The molecule has 0 saturated heterocycles. The van der Waals surface area contributed by atoms with Crippen LogP contribution in [0, 0.1) is 13.8 Å². The van der Waals surface area contributed by atoms with Crippen LogP contribution in [-0.4, -0.2) is 32.4 Å². The van der Waals surface area contributed by atoms with Crippen LogP contribution in [0.5, 0.6) is 5.75 Å². The molecule has 2 aromatic heterocycles. The van der Waals surface area contributed by atoms with Gasteiger partial charge in [0.2, 0.25) is 0 Å². The van der Waals surface area contributed by atoms with Crippen molar-refractivity contribution in [2.45, 2.75) is 19.9 Å². The van der Waals surface area contributed by atoms with E-state index in [2.05, 4.69) is 20.6 Å². The Bertz CT molecular complexity index is 959. The summed E-state index contributed by atoms with van der Waals surface area (Å²) in [5.41, 5.74) is 3.09. The number of benzene rings is 1. The van der Waals surface area contributed by atoms with E-state index in [-0.39, 0.29) is 11.9 Å². The van der Waals surface area contributed by atoms with Gasteiger partial charge in [-0.3, -0.25) is 9.48 Å². The van der Waals surface area contributed by atoms with Crippen LogP contribution in [0.3, 0.4) is 0 Å². The van der Waals surface area contributed by atoms with Gasteiger partial charge in [-0.05, 0) is 26.0 Å². The number of aryl methyl sites for hydroxylation is 2. The Hall–Kier alpha value is -3.16. The monoisotopic (exact) mass is 339 g/mol. The molecule has 0 spiro atoms. The van der Waals surface area contributed by atoms with Gasteiger partial charge in [0, 0.05) is 23.9 Å². The molecule has 4 rings (SSSR count). The first kappa shape index (κ1) is 15.4. The van der Waals surface area contributed by atoms with Gasteiger partial charge in [0.25, 0.3) is 11.8 Å². The molecule has 0 aliphatic carbocycles. The average Bonchev–Trinajstić information content (AvgIpc) is 3.28. The minimum Gasteiger partial charge on any atom is -0.491 e. The van der Waals surface area contributed by atoms with Crippen molar-refractivity contribution in [2.75, 3.05) is 6.61 Å². The number of ether oxygens (including phenoxy) is 1. The molecule has 8 nitrogen and oxygen atoms in total. The van der Waals surface area contributed by atoms with E-state index in [1.165, 1.54) is 0 Å². The second kappa shape index (κ2) is 5.73. The molecule has 0 radical (unpaired) electrons. The molecular formula is C17H17N5O3. The van der Waals surface area contributed by atoms with Gasteiger partial charge >= 0.3 is 0 Å². The molecule has 0 unspecified atom stereocenters. The second-order valence-corrected chi connectivity index (χ2v) is 6.00. The Balaban J connectivity index is 1.56. The third-order valence-corrected chi connectivity index (χ3v) is 4.35. The standard InChI is InChI=1S/C17H17N5O3/c1-9-13(7-18-22(9)3)16(23)20-14-8-24-15-6-11(4-5-12(14)15)17-19-10(2)21-25-17/h4-7,14H,8H2,1-3H3,(H,20,23)/t14-/m1/s1. The van der Waals surface area contributed by atoms with Crippen molar-refractivity contribution in [2.24, 2.45) is 7.05 Å². The Morgan fingerprint density at radius 2 is 2.20 bits per heavy atom. The highest BCUT2D eigenvalue weighted by atomic mass is 16.5. The summed E-state index contributed by atoms with van der Waals surface area (Å²) in [4.78, 5) is 16.7. The third-order valence-electron chi connectivity index (χ3n) is 4.35. The smallest absolute Gasteiger partial charge is 0.258 e. The molecule has 25 heavy (non-hydrogen) atoms. The molecule has 3 aromatic rings. The Morgan fingerprint density at radius 1 is 1.36 bits per heavy atom. The van der Waals surface area contributed by atoms with Crippen molar-refractivity contribution < 1.29 is 14.1 Å². The van der Waals surface area contributed by atoms with Crippen LogP contribution < -0.4 is 10.1 Å². The first-order valence-electron chi connectivity index (χ1n) is 7.90. The summed E-state index contributed by atoms with van der Waals surface area (Å²) >= 11 is 0. The van der Waals surface area contributed by atoms with E-state index in [4.69, 9.17) is 9.26 Å². The van der Waals surface area contributed by atoms with Crippen molar-refractivity contribution in [3.05, 3.63) is 47.0 Å². The van der Waals surface area contributed by atoms with Gasteiger partial charge in [-0.2, -0.15) is 10.1 Å². The second-order valence-electron chi connectivity index (χ2n) is 6.00. The van der Waals surface area contributed by atoms with Crippen LogP contribution in [0.15, 0.2) is 28.9 Å². The van der Waals surface area contributed by atoms with Crippen LogP contribution in [0.4, 0.5) is 0 Å². The maximum atomic E-state index is 12.5. The lowest BCUT2D eigenvalue weighted by molar-refractivity contribution is 0.0929. The molecule has 1 aromatic carbocycles. The highest BCUT2D eigenvalue weighted by molar-refractivity contribution is 5.95. The Morgan fingerprint density at radius 3 is 2.88 bits per heavy atom. The Labute approximate surface area is 143 Å². The van der Waals surface area contributed by atoms with Crippen LogP contribution in [0.1, 0.15) is 33.5 Å². The number of nitrogens with one attached hydrogen (secondary N) is 1. The number of aromatic nitrogens is 4. The highest BCUT2D eigenvalue weighted by Gasteiger charge is 2.27. The minimum absolute atomic E-state index is 0.163. The van der Waals surface area contributed by atoms with Gasteiger partial charge in [0.05, 0.1) is 17.8 Å². The molecule has 1 amide bonds. The van der Waals surface area contributed by atoms with Gasteiger partial charge < -0.3 is 14.6 Å². The summed E-state index contributed by atoms with van der Waals surface area (Å²) in [5, 5.41) is 10.9. The SMILES string of the molecule is Cc1noc(-c2ccc3c(c2)OC[C@H]3NC(=O)c2cnn(C)c2C)n1. The molecular weight excluding hydrogens is 322 g/mol. The molecule has 0 fully saturated rings. The average molecular weight is 339 g/mol. The number of nitrogens with zero attached hydrogens (tertiary/aromatic N) is 4. The summed E-state index contributed by atoms with van der Waals surface area (Å²) in [7, 11) is 1.81. The van der Waals surface area contributed by atoms with Crippen LogP contribution in [0.25, 0.3) is 11.5 Å². The van der Waals surface area contributed by atoms with Crippen molar-refractivity contribution in [3.63, 3.8) is 0 Å². The van der Waals surface area contributed by atoms with E-state index in [1.54, 1.807) is 24.9 Å². The van der Waals surface area contributed by atoms with Crippen LogP contribution in [0.2, 0.25) is 0 Å². The maximum absolute atomic E-state index is 12.5. The predicted octanol–water partition coefficient (Wildman–Crippen LogP) is 1.95. The number of fused-ring (bicyclic) bond motifs is 1. The third kappa shape index (κ3) is 2.65. The van der Waals surface area contributed by atoms with E-state index >= 15 is 0 Å². The van der Waals surface area contributed by atoms with E-state index in [1.807, 2.05) is 25.1 Å². The van der Waals surface area contributed by atoms with E-state index in [0.717, 1.165) is 16.8 Å². The van der Waals surface area contributed by atoms with Crippen LogP contribution in [-0.2, 0) is 7.05 Å². The summed E-state index contributed by atoms with van der Waals surface area (Å²) in [6, 6.07) is 5.44. The summed E-state index contributed by atoms with van der Waals surface area (Å²) < 4.78 is 12.6. The minimum atomic E-state index is -0.208. The number of hydrogen-bond acceptors (Lipinski definition) is 6. The van der Waals surface area contributed by atoms with Gasteiger partial charge in [-0.15, -0.1) is 0 Å². The van der Waals surface area contributed by atoms with Crippen molar-refractivity contribution >= 4 is 5.91 Å². The number of carbonyl (C=O) groups is 1. The molecule has 1 N–H and O–H groups in total. The maximum Gasteiger partial charge on any atom is 0.258 e. The zero-order valence-corrected chi connectivity index (χ0v) is 14.1. The molecule has 1 atom stereocenters. The largest absolute Gasteiger partial charge is 0.491 e. The zero-order chi connectivity index (χ0) is 17.6. The summed E-state index contributed by atoms with van der Waals surface area (Å²) in [6.07, 6.45) is 1.57. The van der Waals surface area contributed by atoms with Crippen molar-refractivity contribution in [1.82, 2.24) is 25.2 Å². The molecule has 0 saturated carbocycles. The first-order chi connectivity index (χ1) is 12.0. The van der Waals surface area contributed by atoms with E-state index < -0.39 is 0 Å². The normalized spacial score (nSPS) is 15.7. The molecule has 3 heterocycles. The summed E-state index contributed by atoms with van der Waals surface area (Å²) in [5.74, 6) is 1.57. The fraction of sp³-hybridized carbons (Fsp3) is 0.294. The topological polar surface area (TPSA) is 95.1 Å². The zero-order valence-electron chi connectivity index (χ0n) is 14.1. The fourth-order valence-electron chi connectivity index (χ4n) is 2.83. The van der Waals surface area contributed by atoms with Crippen molar-refractivity contribution in [3.8, 4) is 17.2 Å². The van der Waals surface area contributed by atoms with Gasteiger partial charge in [0.1, 0.15) is 12.4 Å². The molecule has 128 valence electrons. The molecule has 1 aliphatic rings. The molecule has 0 bridgehead atoms. The van der Waals surface area contributed by atoms with Gasteiger partial charge in [-0.1, -0.05) is 11.2 Å². The molecule has 8 heteroatoms. The number of carbonyl (C=O) groups excluding carboxylic acids is 1. The van der Waals surface area contributed by atoms with Crippen molar-refractivity contribution in [1.29, 1.82) is 0 Å². The summed E-state index contributed by atoms with van der Waals surface area (Å²) in [6.45, 7) is 4.01. The van der Waals surface area contributed by atoms with E-state index in [0.29, 0.717) is 29.6 Å². The lowest BCUT2D eigenvalue weighted by Gasteiger charge is -2.11. The lowest BCUT2D eigenvalue weighted by atomic mass is 10.1. The Kier molecular flexibility index (Phi) is 3.52. The first-order valence-corrected chi connectivity index (χ1v) is 7.90. The predicted molar refractivity (Wildman–Crippen MR) is 88.1 cm³/mol. The fourth-order valence-corrected chi connectivity index (χ4v) is 2.83. The van der Waals surface area contributed by atoms with E-state index in [9.17, 15) is 4.79 Å². The number of hydrogen-bond donors (Lipinski definition) is 1. The number of rotatable bonds is 3. The lowest BCUT2D eigenvalue weighted by Crippen LogP contribution is -2.29. The molecule has 1 aliphatic heterocycles.